The minimum Gasteiger partial charge on any atom is -0.211 e. The summed E-state index contributed by atoms with van der Waals surface area (Å²) in [6, 6.07) is 7.54. The van der Waals surface area contributed by atoms with Gasteiger partial charge in [-0.15, -0.1) is 0 Å². The van der Waals surface area contributed by atoms with Gasteiger partial charge in [-0.05, 0) is 18.1 Å². The van der Waals surface area contributed by atoms with Crippen molar-refractivity contribution in [1.82, 2.24) is 0 Å². The van der Waals surface area contributed by atoms with Crippen LogP contribution in [0.2, 0.25) is 5.02 Å². The van der Waals surface area contributed by atoms with Crippen molar-refractivity contribution in [3.63, 3.8) is 0 Å². The van der Waals surface area contributed by atoms with Crippen LogP contribution in [0.5, 0.6) is 0 Å². The Balaban J connectivity index is 2.65. The molecule has 0 saturated heterocycles. The van der Waals surface area contributed by atoms with Crippen molar-refractivity contribution in [3.05, 3.63) is 47.0 Å². The summed E-state index contributed by atoms with van der Waals surface area (Å²) >= 11 is 5.95. The molecule has 0 aliphatic heterocycles. The Morgan fingerprint density at radius 3 is 2.86 bits per heavy atom. The van der Waals surface area contributed by atoms with E-state index in [1.165, 1.54) is 6.08 Å². The van der Waals surface area contributed by atoms with Crippen LogP contribution in [0, 0.1) is 0 Å². The van der Waals surface area contributed by atoms with Crippen LogP contribution in [0.3, 0.4) is 0 Å². The van der Waals surface area contributed by atoms with Gasteiger partial charge in [-0.2, -0.15) is 0 Å². The summed E-state index contributed by atoms with van der Waals surface area (Å²) in [5.41, 5.74) is 1.85. The van der Waals surface area contributed by atoms with Crippen LogP contribution in [0.25, 0.3) is 0 Å². The number of halogens is 1. The number of benzene rings is 1. The van der Waals surface area contributed by atoms with Crippen LogP contribution in [-0.2, 0) is 11.2 Å². The van der Waals surface area contributed by atoms with E-state index in [4.69, 9.17) is 11.6 Å². The Bertz CT molecular complexity index is 381. The zero-order valence-electron chi connectivity index (χ0n) is 7.66. The summed E-state index contributed by atoms with van der Waals surface area (Å²) in [4.78, 5) is 13.3. The van der Waals surface area contributed by atoms with E-state index in [1.54, 1.807) is 0 Å². The Morgan fingerprint density at radius 2 is 2.21 bits per heavy atom. The molecule has 0 spiro atoms. The highest BCUT2D eigenvalue weighted by atomic mass is 35.5. The molecule has 0 N–H and O–H groups in total. The summed E-state index contributed by atoms with van der Waals surface area (Å²) in [6.45, 7) is 4.11. The van der Waals surface area contributed by atoms with Crippen molar-refractivity contribution in [3.8, 4) is 0 Å². The summed E-state index contributed by atoms with van der Waals surface area (Å²) < 4.78 is 0. The van der Waals surface area contributed by atoms with Gasteiger partial charge in [-0.3, -0.25) is 0 Å². The number of hydrogen-bond donors (Lipinski definition) is 0. The third-order valence-corrected chi connectivity index (χ3v) is 2.13. The average Bonchev–Trinajstić information content (AvgIpc) is 2.18. The van der Waals surface area contributed by atoms with Crippen LogP contribution < -0.4 is 0 Å². The lowest BCUT2D eigenvalue weighted by Crippen LogP contribution is -1.93. The van der Waals surface area contributed by atoms with E-state index < -0.39 is 0 Å². The molecule has 0 saturated carbocycles. The highest BCUT2D eigenvalue weighted by Gasteiger charge is 2.00. The molecule has 0 amide bonds. The van der Waals surface area contributed by atoms with Crippen molar-refractivity contribution >= 4 is 17.7 Å². The van der Waals surface area contributed by atoms with Gasteiger partial charge >= 0.3 is 0 Å². The van der Waals surface area contributed by atoms with Gasteiger partial charge in [0.2, 0.25) is 6.08 Å². The van der Waals surface area contributed by atoms with Crippen molar-refractivity contribution in [2.24, 2.45) is 4.99 Å². The molecule has 14 heavy (non-hydrogen) atoms. The first kappa shape index (κ1) is 10.7. The van der Waals surface area contributed by atoms with Gasteiger partial charge in [-0.25, -0.2) is 9.79 Å². The summed E-state index contributed by atoms with van der Waals surface area (Å²) in [5.74, 6) is 0. The van der Waals surface area contributed by atoms with Crippen molar-refractivity contribution < 1.29 is 4.79 Å². The Hall–Kier alpha value is -1.37. The highest BCUT2D eigenvalue weighted by Crippen LogP contribution is 2.17. The molecule has 0 unspecified atom stereocenters. The SMILES string of the molecule is C=C(CN=C=O)Cc1ccccc1Cl. The fourth-order valence-electron chi connectivity index (χ4n) is 1.11. The van der Waals surface area contributed by atoms with Gasteiger partial charge in [0.1, 0.15) is 0 Å². The number of nitrogens with zero attached hydrogens (tertiary/aromatic N) is 1. The molecule has 1 aromatic rings. The first-order chi connectivity index (χ1) is 6.74. The van der Waals surface area contributed by atoms with Crippen molar-refractivity contribution in [2.45, 2.75) is 6.42 Å². The predicted octanol–water partition coefficient (Wildman–Crippen LogP) is 2.77. The fourth-order valence-corrected chi connectivity index (χ4v) is 1.31. The van der Waals surface area contributed by atoms with Crippen LogP contribution in [0.4, 0.5) is 0 Å². The van der Waals surface area contributed by atoms with Gasteiger partial charge in [0, 0.05) is 5.02 Å². The zero-order chi connectivity index (χ0) is 10.4. The van der Waals surface area contributed by atoms with E-state index in [-0.39, 0.29) is 0 Å². The highest BCUT2D eigenvalue weighted by molar-refractivity contribution is 6.31. The van der Waals surface area contributed by atoms with Gasteiger partial charge in [0.15, 0.2) is 0 Å². The normalized spacial score (nSPS) is 9.21. The van der Waals surface area contributed by atoms with Crippen LogP contribution in [0.1, 0.15) is 5.56 Å². The second-order valence-corrected chi connectivity index (χ2v) is 3.33. The van der Waals surface area contributed by atoms with E-state index >= 15 is 0 Å². The fraction of sp³-hybridized carbons (Fsp3) is 0.182. The maximum Gasteiger partial charge on any atom is 0.235 e. The molecule has 0 aliphatic rings. The maximum atomic E-state index is 9.87. The Morgan fingerprint density at radius 1 is 1.50 bits per heavy atom. The molecule has 0 fully saturated rings. The van der Waals surface area contributed by atoms with E-state index in [0.29, 0.717) is 18.0 Å². The lowest BCUT2D eigenvalue weighted by molar-refractivity contribution is 0.563. The van der Waals surface area contributed by atoms with Crippen LogP contribution >= 0.6 is 11.6 Å². The molecule has 0 heterocycles. The smallest absolute Gasteiger partial charge is 0.211 e. The number of rotatable bonds is 4. The van der Waals surface area contributed by atoms with Gasteiger partial charge in [-0.1, -0.05) is 42.0 Å². The van der Waals surface area contributed by atoms with Crippen molar-refractivity contribution in [2.75, 3.05) is 6.54 Å². The third-order valence-electron chi connectivity index (χ3n) is 1.77. The maximum absolute atomic E-state index is 9.87. The minimum atomic E-state index is 0.314. The monoisotopic (exact) mass is 207 g/mol. The molecular weight excluding hydrogens is 198 g/mol. The topological polar surface area (TPSA) is 29.4 Å². The van der Waals surface area contributed by atoms with Gasteiger partial charge < -0.3 is 0 Å². The zero-order valence-corrected chi connectivity index (χ0v) is 8.42. The molecule has 3 heteroatoms. The number of aliphatic imine (C=N–C) groups is 1. The Kier molecular flexibility index (Phi) is 4.11. The molecule has 0 bridgehead atoms. The van der Waals surface area contributed by atoms with Gasteiger partial charge in [0.25, 0.3) is 0 Å². The summed E-state index contributed by atoms with van der Waals surface area (Å²) in [7, 11) is 0. The lowest BCUT2D eigenvalue weighted by atomic mass is 10.1. The molecule has 72 valence electrons. The second-order valence-electron chi connectivity index (χ2n) is 2.93. The minimum absolute atomic E-state index is 0.314. The lowest BCUT2D eigenvalue weighted by Gasteiger charge is -2.03. The quantitative estimate of drug-likeness (QED) is 0.424. The summed E-state index contributed by atoms with van der Waals surface area (Å²) in [6.07, 6.45) is 2.12. The van der Waals surface area contributed by atoms with E-state index in [1.807, 2.05) is 24.3 Å². The first-order valence-corrected chi connectivity index (χ1v) is 4.55. The standard InChI is InChI=1S/C11H10ClNO/c1-9(7-13-8-14)6-10-4-2-3-5-11(10)12/h2-5H,1,6-7H2. The first-order valence-electron chi connectivity index (χ1n) is 4.17. The van der Waals surface area contributed by atoms with Crippen LogP contribution in [0.15, 0.2) is 41.4 Å². The molecule has 1 aromatic carbocycles. The Labute approximate surface area is 87.9 Å². The summed E-state index contributed by atoms with van der Waals surface area (Å²) in [5, 5.41) is 0.712. The molecule has 2 nitrogen and oxygen atoms in total. The number of carbonyl (C=O) groups excluding carboxylic acids is 1. The second kappa shape index (κ2) is 5.38. The molecule has 0 aromatic heterocycles. The third kappa shape index (κ3) is 3.17. The van der Waals surface area contributed by atoms with Crippen LogP contribution in [-0.4, -0.2) is 12.6 Å². The molecule has 0 radical (unpaired) electrons. The van der Waals surface area contributed by atoms with Crippen molar-refractivity contribution in [1.29, 1.82) is 0 Å². The molecular formula is C11H10ClNO. The predicted molar refractivity (Wildman–Crippen MR) is 57.3 cm³/mol. The van der Waals surface area contributed by atoms with Gasteiger partial charge in [0.05, 0.1) is 6.54 Å². The van der Waals surface area contributed by atoms with E-state index in [9.17, 15) is 4.79 Å². The largest absolute Gasteiger partial charge is 0.235 e. The van der Waals surface area contributed by atoms with E-state index in [0.717, 1.165) is 11.1 Å². The number of hydrogen-bond acceptors (Lipinski definition) is 2. The molecule has 1 rings (SSSR count). The van der Waals surface area contributed by atoms with E-state index in [2.05, 4.69) is 11.6 Å². The number of isocyanates is 1. The molecule has 0 aliphatic carbocycles. The molecule has 0 atom stereocenters. The average molecular weight is 208 g/mol.